The molecule has 0 radical (unpaired) electrons. The van der Waals surface area contributed by atoms with Gasteiger partial charge in [-0.05, 0) is 29.7 Å². The predicted octanol–water partition coefficient (Wildman–Crippen LogP) is 4.61. The minimum Gasteiger partial charge on any atom is -0.353 e. The first kappa shape index (κ1) is 12.2. The van der Waals surface area contributed by atoms with Gasteiger partial charge in [0.1, 0.15) is 0 Å². The van der Waals surface area contributed by atoms with Crippen molar-refractivity contribution in [1.29, 1.82) is 0 Å². The van der Waals surface area contributed by atoms with Crippen molar-refractivity contribution in [2.45, 2.75) is 17.8 Å². The van der Waals surface area contributed by atoms with Crippen LogP contribution in [0.3, 0.4) is 0 Å². The number of thiazole rings is 1. The van der Waals surface area contributed by atoms with E-state index < -0.39 is 0 Å². The minimum absolute atomic E-state index is 0.0828. The number of alkyl halides is 1. The van der Waals surface area contributed by atoms with Gasteiger partial charge in [-0.3, -0.25) is 0 Å². The van der Waals surface area contributed by atoms with Crippen LogP contribution in [-0.4, -0.2) is 10.4 Å². The highest BCUT2D eigenvalue weighted by atomic mass is 35.5. The summed E-state index contributed by atoms with van der Waals surface area (Å²) >= 11 is 8.19. The number of para-hydroxylation sites is 1. The molecular weight excluding hydrogens is 288 g/mol. The Morgan fingerprint density at radius 2 is 1.90 bits per heavy atom. The highest BCUT2D eigenvalue weighted by Gasteiger charge is 2.31. The number of fused-ring (bicyclic) bond motifs is 2. The number of rotatable bonds is 2. The van der Waals surface area contributed by atoms with Crippen molar-refractivity contribution < 1.29 is 0 Å². The molecule has 2 nitrogen and oxygen atoms in total. The van der Waals surface area contributed by atoms with Crippen LogP contribution >= 0.6 is 22.9 Å². The predicted molar refractivity (Wildman–Crippen MR) is 85.8 cm³/mol. The number of hydrogen-bond acceptors (Lipinski definition) is 3. The van der Waals surface area contributed by atoms with Gasteiger partial charge in [0, 0.05) is 0 Å². The number of halogens is 1. The first-order chi connectivity index (χ1) is 9.81. The average Bonchev–Trinajstić information content (AvgIpc) is 3.00. The van der Waals surface area contributed by atoms with E-state index in [1.807, 2.05) is 18.2 Å². The lowest BCUT2D eigenvalue weighted by Gasteiger charge is -2.16. The van der Waals surface area contributed by atoms with E-state index in [-0.39, 0.29) is 11.4 Å². The molecule has 1 N–H and O–H groups in total. The molecule has 2 aromatic carbocycles. The third-order valence-corrected chi connectivity index (χ3v) is 5.11. The number of nitrogens with one attached hydrogen (secondary N) is 1. The van der Waals surface area contributed by atoms with Crippen LogP contribution in [0, 0.1) is 0 Å². The highest BCUT2D eigenvalue weighted by Crippen LogP contribution is 2.38. The fourth-order valence-corrected chi connectivity index (χ4v) is 4.05. The van der Waals surface area contributed by atoms with E-state index in [2.05, 4.69) is 40.6 Å². The molecule has 1 aliphatic rings. The average molecular weight is 301 g/mol. The molecule has 0 saturated heterocycles. The third-order valence-electron chi connectivity index (χ3n) is 3.74. The Labute approximate surface area is 126 Å². The zero-order valence-corrected chi connectivity index (χ0v) is 12.3. The maximum absolute atomic E-state index is 6.51. The molecule has 0 fully saturated rings. The van der Waals surface area contributed by atoms with Crippen molar-refractivity contribution in [2.75, 3.05) is 5.32 Å². The monoisotopic (exact) mass is 300 g/mol. The molecule has 0 amide bonds. The molecule has 2 unspecified atom stereocenters. The van der Waals surface area contributed by atoms with E-state index in [9.17, 15) is 0 Å². The van der Waals surface area contributed by atoms with Crippen LogP contribution < -0.4 is 5.32 Å². The topological polar surface area (TPSA) is 24.9 Å². The number of nitrogens with zero attached hydrogens (tertiary/aromatic N) is 1. The van der Waals surface area contributed by atoms with Crippen LogP contribution in [0.5, 0.6) is 0 Å². The lowest BCUT2D eigenvalue weighted by molar-refractivity contribution is 0.771. The summed E-state index contributed by atoms with van der Waals surface area (Å²) in [4.78, 5) is 4.63. The van der Waals surface area contributed by atoms with Gasteiger partial charge in [-0.1, -0.05) is 47.7 Å². The van der Waals surface area contributed by atoms with Crippen LogP contribution in [-0.2, 0) is 6.42 Å². The second kappa shape index (κ2) is 4.76. The van der Waals surface area contributed by atoms with E-state index in [1.165, 1.54) is 15.8 Å². The maximum atomic E-state index is 6.51. The molecule has 100 valence electrons. The van der Waals surface area contributed by atoms with Gasteiger partial charge in [0.2, 0.25) is 0 Å². The summed E-state index contributed by atoms with van der Waals surface area (Å²) in [5, 5.41) is 4.54. The molecule has 0 aliphatic heterocycles. The van der Waals surface area contributed by atoms with Gasteiger partial charge in [-0.25, -0.2) is 4.98 Å². The van der Waals surface area contributed by atoms with Crippen molar-refractivity contribution in [1.82, 2.24) is 4.98 Å². The molecule has 0 saturated carbocycles. The van der Waals surface area contributed by atoms with Gasteiger partial charge in [0.25, 0.3) is 0 Å². The zero-order valence-electron chi connectivity index (χ0n) is 10.7. The number of benzene rings is 2. The molecule has 4 rings (SSSR count). The van der Waals surface area contributed by atoms with E-state index in [4.69, 9.17) is 11.6 Å². The van der Waals surface area contributed by atoms with E-state index in [1.54, 1.807) is 11.3 Å². The molecule has 3 aromatic rings. The Morgan fingerprint density at radius 3 is 2.80 bits per heavy atom. The summed E-state index contributed by atoms with van der Waals surface area (Å²) in [5.41, 5.74) is 3.68. The van der Waals surface area contributed by atoms with Crippen molar-refractivity contribution in [3.8, 4) is 0 Å². The SMILES string of the molecule is ClC1Cc2ccccc2C1Nc1nc2ccccc2s1. The molecular formula is C16H13ClN2S. The lowest BCUT2D eigenvalue weighted by atomic mass is 10.1. The lowest BCUT2D eigenvalue weighted by Crippen LogP contribution is -2.16. The summed E-state index contributed by atoms with van der Waals surface area (Å²) < 4.78 is 1.20. The summed E-state index contributed by atoms with van der Waals surface area (Å²) in [6, 6.07) is 16.8. The number of aromatic nitrogens is 1. The molecule has 20 heavy (non-hydrogen) atoms. The maximum Gasteiger partial charge on any atom is 0.184 e. The van der Waals surface area contributed by atoms with Crippen molar-refractivity contribution in [3.63, 3.8) is 0 Å². The Hall–Kier alpha value is -1.58. The standard InChI is InChI=1S/C16H13ClN2S/c17-12-9-10-5-1-2-6-11(10)15(12)19-16-18-13-7-3-4-8-14(13)20-16/h1-8,12,15H,9H2,(H,18,19). The third kappa shape index (κ3) is 1.98. The Balaban J connectivity index is 1.68. The quantitative estimate of drug-likeness (QED) is 0.699. The Kier molecular flexibility index (Phi) is 2.90. The number of anilines is 1. The van der Waals surface area contributed by atoms with E-state index in [0.717, 1.165) is 17.1 Å². The Morgan fingerprint density at radius 1 is 1.10 bits per heavy atom. The van der Waals surface area contributed by atoms with Crippen molar-refractivity contribution in [3.05, 3.63) is 59.7 Å². The second-order valence-corrected chi connectivity index (χ2v) is 6.62. The van der Waals surface area contributed by atoms with Gasteiger partial charge in [-0.2, -0.15) is 0 Å². The molecule has 1 aromatic heterocycles. The van der Waals surface area contributed by atoms with Crippen molar-refractivity contribution in [2.24, 2.45) is 0 Å². The van der Waals surface area contributed by atoms with Gasteiger partial charge >= 0.3 is 0 Å². The largest absolute Gasteiger partial charge is 0.353 e. The van der Waals surface area contributed by atoms with Crippen molar-refractivity contribution >= 4 is 38.3 Å². The summed E-state index contributed by atoms with van der Waals surface area (Å²) in [6.07, 6.45) is 0.917. The van der Waals surface area contributed by atoms with Crippen LogP contribution in [0.4, 0.5) is 5.13 Å². The molecule has 1 heterocycles. The van der Waals surface area contributed by atoms with Crippen LogP contribution in [0.25, 0.3) is 10.2 Å². The van der Waals surface area contributed by atoms with E-state index in [0.29, 0.717) is 0 Å². The van der Waals surface area contributed by atoms with Crippen LogP contribution in [0.1, 0.15) is 17.2 Å². The second-order valence-electron chi connectivity index (χ2n) is 5.03. The number of hydrogen-bond donors (Lipinski definition) is 1. The molecule has 0 bridgehead atoms. The zero-order chi connectivity index (χ0) is 13.5. The van der Waals surface area contributed by atoms with Gasteiger partial charge in [-0.15, -0.1) is 11.6 Å². The Bertz CT molecular complexity index is 735. The molecule has 2 atom stereocenters. The van der Waals surface area contributed by atoms with E-state index >= 15 is 0 Å². The van der Waals surface area contributed by atoms with Crippen LogP contribution in [0.15, 0.2) is 48.5 Å². The van der Waals surface area contributed by atoms with Gasteiger partial charge < -0.3 is 5.32 Å². The first-order valence-corrected chi connectivity index (χ1v) is 7.90. The summed E-state index contributed by atoms with van der Waals surface area (Å²) in [7, 11) is 0. The molecule has 1 aliphatic carbocycles. The minimum atomic E-state index is 0.0828. The van der Waals surface area contributed by atoms with Gasteiger partial charge in [0.05, 0.1) is 21.6 Å². The molecule has 0 spiro atoms. The fraction of sp³-hybridized carbons (Fsp3) is 0.188. The van der Waals surface area contributed by atoms with Crippen LogP contribution in [0.2, 0.25) is 0 Å². The smallest absolute Gasteiger partial charge is 0.184 e. The summed E-state index contributed by atoms with van der Waals surface area (Å²) in [5.74, 6) is 0. The normalized spacial score (nSPS) is 21.1. The highest BCUT2D eigenvalue weighted by molar-refractivity contribution is 7.22. The first-order valence-electron chi connectivity index (χ1n) is 6.65. The molecule has 4 heteroatoms. The fourth-order valence-electron chi connectivity index (χ4n) is 2.78. The van der Waals surface area contributed by atoms with Gasteiger partial charge in [0.15, 0.2) is 5.13 Å². The summed E-state index contributed by atoms with van der Waals surface area (Å²) in [6.45, 7) is 0.